The molecule has 0 radical (unpaired) electrons. The Hall–Kier alpha value is -2.64. The topological polar surface area (TPSA) is 52.8 Å². The van der Waals surface area contributed by atoms with Gasteiger partial charge in [0.25, 0.3) is 0 Å². The second kappa shape index (κ2) is 9.02. The van der Waals surface area contributed by atoms with Gasteiger partial charge in [-0.05, 0) is 38.5 Å². The molecule has 0 fully saturated rings. The number of ether oxygens (including phenoxy) is 1. The van der Waals surface area contributed by atoms with Gasteiger partial charge >= 0.3 is 0 Å². The number of para-hydroxylation sites is 1. The Labute approximate surface area is 185 Å². The van der Waals surface area contributed by atoms with Crippen molar-refractivity contribution in [1.29, 1.82) is 0 Å². The molecule has 30 heavy (non-hydrogen) atoms. The molecule has 4 rings (SSSR count). The molecular weight excluding hydrogens is 412 g/mol. The minimum Gasteiger partial charge on any atom is -0.482 e. The minimum atomic E-state index is -0.190. The molecule has 0 aliphatic carbocycles. The van der Waals surface area contributed by atoms with Crippen molar-refractivity contribution in [2.45, 2.75) is 37.8 Å². The summed E-state index contributed by atoms with van der Waals surface area (Å²) in [6.07, 6.45) is -0.190. The average Bonchev–Trinajstić information content (AvgIpc) is 3.35. The fourth-order valence-corrected chi connectivity index (χ4v) is 4.89. The summed E-state index contributed by atoms with van der Waals surface area (Å²) in [5.41, 5.74) is 4.57. The Bertz CT molecular complexity index is 1150. The Morgan fingerprint density at radius 1 is 1.10 bits per heavy atom. The van der Waals surface area contributed by atoms with Gasteiger partial charge in [0.15, 0.2) is 17.1 Å². The Morgan fingerprint density at radius 2 is 1.93 bits per heavy atom. The first-order valence-corrected chi connectivity index (χ1v) is 11.6. The minimum absolute atomic E-state index is 0.190. The number of hydrogen-bond donors (Lipinski definition) is 0. The van der Waals surface area contributed by atoms with E-state index in [1.807, 2.05) is 49.7 Å². The van der Waals surface area contributed by atoms with Crippen LogP contribution in [0.3, 0.4) is 0 Å². The molecule has 0 saturated heterocycles. The van der Waals surface area contributed by atoms with Crippen molar-refractivity contribution >= 4 is 23.1 Å². The Kier molecular flexibility index (Phi) is 6.20. The molecule has 0 saturated carbocycles. The lowest BCUT2D eigenvalue weighted by Crippen LogP contribution is -2.10. The molecule has 1 atom stereocenters. The molecule has 0 aliphatic heterocycles. The van der Waals surface area contributed by atoms with Gasteiger partial charge in [0.2, 0.25) is 0 Å². The lowest BCUT2D eigenvalue weighted by atomic mass is 10.1. The summed E-state index contributed by atoms with van der Waals surface area (Å²) in [5.74, 6) is 2.43. The first kappa shape index (κ1) is 20.6. The molecule has 1 unspecified atom stereocenters. The summed E-state index contributed by atoms with van der Waals surface area (Å²) in [6, 6.07) is 16.4. The number of benzene rings is 2. The third-order valence-corrected chi connectivity index (χ3v) is 6.79. The van der Waals surface area contributed by atoms with Gasteiger partial charge in [0.05, 0.1) is 5.69 Å². The average molecular weight is 437 g/mol. The smallest absolute Gasteiger partial charge is 0.191 e. The van der Waals surface area contributed by atoms with Crippen LogP contribution in [0.1, 0.15) is 35.7 Å². The number of thioether (sulfide) groups is 1. The van der Waals surface area contributed by atoms with Crippen LogP contribution in [0.15, 0.2) is 59.1 Å². The van der Waals surface area contributed by atoms with Crippen molar-refractivity contribution in [3.8, 4) is 16.3 Å². The number of nitrogens with zero attached hydrogens (tertiary/aromatic N) is 4. The Balaban J connectivity index is 1.42. The molecule has 0 spiro atoms. The van der Waals surface area contributed by atoms with Crippen molar-refractivity contribution in [2.75, 3.05) is 0 Å². The standard InChI is InChI=1S/C23H24N4OS2/c1-15-8-7-10-18(12-15)22-24-19(13-29-22)14-30-23-26-25-21(27(23)4)17(3)28-20-11-6-5-9-16(20)2/h5-13,17H,14H2,1-4H3. The number of rotatable bonds is 7. The molecule has 2 heterocycles. The largest absolute Gasteiger partial charge is 0.482 e. The third-order valence-electron chi connectivity index (χ3n) is 4.80. The molecule has 2 aromatic carbocycles. The van der Waals surface area contributed by atoms with E-state index in [0.717, 1.165) is 38.7 Å². The zero-order chi connectivity index (χ0) is 21.1. The highest BCUT2D eigenvalue weighted by Crippen LogP contribution is 2.29. The number of aryl methyl sites for hydroxylation is 2. The fourth-order valence-electron chi connectivity index (χ4n) is 3.16. The molecule has 5 nitrogen and oxygen atoms in total. The summed E-state index contributed by atoms with van der Waals surface area (Å²) in [6.45, 7) is 6.14. The van der Waals surface area contributed by atoms with Crippen LogP contribution in [0.5, 0.6) is 5.75 Å². The van der Waals surface area contributed by atoms with E-state index < -0.39 is 0 Å². The zero-order valence-corrected chi connectivity index (χ0v) is 19.1. The molecule has 2 aromatic heterocycles. The van der Waals surface area contributed by atoms with Crippen molar-refractivity contribution in [3.63, 3.8) is 0 Å². The van der Waals surface area contributed by atoms with Crippen molar-refractivity contribution in [2.24, 2.45) is 7.05 Å². The molecular formula is C23H24N4OS2. The van der Waals surface area contributed by atoms with Crippen LogP contribution < -0.4 is 4.74 Å². The van der Waals surface area contributed by atoms with E-state index in [-0.39, 0.29) is 6.10 Å². The van der Waals surface area contributed by atoms with Gasteiger partial charge in [-0.1, -0.05) is 53.7 Å². The highest BCUT2D eigenvalue weighted by atomic mass is 32.2. The van der Waals surface area contributed by atoms with Gasteiger partial charge < -0.3 is 9.30 Å². The molecule has 0 amide bonds. The van der Waals surface area contributed by atoms with Gasteiger partial charge in [-0.15, -0.1) is 21.5 Å². The van der Waals surface area contributed by atoms with E-state index in [0.29, 0.717) is 0 Å². The quantitative estimate of drug-likeness (QED) is 0.333. The SMILES string of the molecule is Cc1cccc(-c2nc(CSc3nnc(C(C)Oc4ccccc4C)n3C)cs2)c1. The van der Waals surface area contributed by atoms with Crippen LogP contribution >= 0.6 is 23.1 Å². The number of aromatic nitrogens is 4. The van der Waals surface area contributed by atoms with Crippen molar-refractivity contribution in [3.05, 3.63) is 76.6 Å². The maximum Gasteiger partial charge on any atom is 0.191 e. The molecule has 0 bridgehead atoms. The summed E-state index contributed by atoms with van der Waals surface area (Å²) < 4.78 is 8.11. The fraction of sp³-hybridized carbons (Fsp3) is 0.261. The first-order chi connectivity index (χ1) is 14.5. The normalized spacial score (nSPS) is 12.1. The van der Waals surface area contributed by atoms with E-state index >= 15 is 0 Å². The van der Waals surface area contributed by atoms with E-state index in [2.05, 4.69) is 46.8 Å². The molecule has 0 N–H and O–H groups in total. The molecule has 7 heteroatoms. The summed E-state index contributed by atoms with van der Waals surface area (Å²) in [5, 5.41) is 12.8. The zero-order valence-electron chi connectivity index (χ0n) is 17.5. The highest BCUT2D eigenvalue weighted by Gasteiger charge is 2.18. The second-order valence-electron chi connectivity index (χ2n) is 7.23. The van der Waals surface area contributed by atoms with Gasteiger partial charge in [-0.25, -0.2) is 4.98 Å². The van der Waals surface area contributed by atoms with Gasteiger partial charge in [0, 0.05) is 23.7 Å². The predicted octanol–water partition coefficient (Wildman–Crippen LogP) is 5.99. The van der Waals surface area contributed by atoms with Crippen LogP contribution in [0.25, 0.3) is 10.6 Å². The summed E-state index contributed by atoms with van der Waals surface area (Å²) in [7, 11) is 1.98. The van der Waals surface area contributed by atoms with Crippen LogP contribution in [0.2, 0.25) is 0 Å². The number of hydrogen-bond acceptors (Lipinski definition) is 6. The van der Waals surface area contributed by atoms with E-state index in [9.17, 15) is 0 Å². The maximum atomic E-state index is 6.11. The van der Waals surface area contributed by atoms with Gasteiger partial charge in [0.1, 0.15) is 10.8 Å². The lowest BCUT2D eigenvalue weighted by Gasteiger charge is -2.15. The first-order valence-electron chi connectivity index (χ1n) is 9.77. The molecule has 0 aliphatic rings. The number of thiazole rings is 1. The predicted molar refractivity (Wildman–Crippen MR) is 123 cm³/mol. The van der Waals surface area contributed by atoms with Crippen LogP contribution in [0, 0.1) is 13.8 Å². The van der Waals surface area contributed by atoms with Crippen LogP contribution in [0.4, 0.5) is 0 Å². The van der Waals surface area contributed by atoms with Gasteiger partial charge in [-0.3, -0.25) is 0 Å². The van der Waals surface area contributed by atoms with E-state index in [1.165, 1.54) is 11.1 Å². The molecule has 4 aromatic rings. The Morgan fingerprint density at radius 3 is 2.73 bits per heavy atom. The van der Waals surface area contributed by atoms with Crippen molar-refractivity contribution < 1.29 is 4.74 Å². The van der Waals surface area contributed by atoms with E-state index in [4.69, 9.17) is 9.72 Å². The van der Waals surface area contributed by atoms with Gasteiger partial charge in [-0.2, -0.15) is 0 Å². The maximum absolute atomic E-state index is 6.11. The van der Waals surface area contributed by atoms with Crippen molar-refractivity contribution in [1.82, 2.24) is 19.7 Å². The summed E-state index contributed by atoms with van der Waals surface area (Å²) in [4.78, 5) is 4.79. The monoisotopic (exact) mass is 436 g/mol. The van der Waals surface area contributed by atoms with E-state index in [1.54, 1.807) is 23.1 Å². The van der Waals surface area contributed by atoms with Crippen LogP contribution in [-0.4, -0.2) is 19.7 Å². The highest BCUT2D eigenvalue weighted by molar-refractivity contribution is 7.98. The second-order valence-corrected chi connectivity index (χ2v) is 9.03. The third kappa shape index (κ3) is 4.57. The lowest BCUT2D eigenvalue weighted by molar-refractivity contribution is 0.210. The van der Waals surface area contributed by atoms with Crippen LogP contribution in [-0.2, 0) is 12.8 Å². The summed E-state index contributed by atoms with van der Waals surface area (Å²) >= 11 is 3.31. The molecule has 154 valence electrons.